The van der Waals surface area contributed by atoms with Crippen molar-refractivity contribution in [3.63, 3.8) is 0 Å². The molecule has 0 aliphatic heterocycles. The number of anilines is 2. The molecule has 0 aromatic heterocycles. The molecule has 0 spiro atoms. The summed E-state index contributed by atoms with van der Waals surface area (Å²) >= 11 is 0. The number of hydrogen-bond donors (Lipinski definition) is 1. The fraction of sp³-hybridized carbons (Fsp3) is 0.105. The molecular formula is C19H19ClN2O. The summed E-state index contributed by atoms with van der Waals surface area (Å²) in [4.78, 5) is 14.4. The van der Waals surface area contributed by atoms with Crippen LogP contribution in [0.2, 0.25) is 0 Å². The molecule has 0 bridgehead atoms. The molecule has 0 fully saturated rings. The number of hydrogen-bond acceptors (Lipinski definition) is 2. The van der Waals surface area contributed by atoms with E-state index in [9.17, 15) is 4.79 Å². The van der Waals surface area contributed by atoms with Crippen LogP contribution in [0.15, 0.2) is 66.7 Å². The standard InChI is InChI=1S/C19H18N2O.ClH/c1-21(2)18-11-9-17(10-12-18)20-19(22)16-8-7-14-5-3-4-6-15(14)13-16;/h3-13H,1-2H3,(H,20,22);1H. The minimum atomic E-state index is -0.0941. The molecule has 0 saturated carbocycles. The van der Waals surface area contributed by atoms with E-state index >= 15 is 0 Å². The van der Waals surface area contributed by atoms with Crippen molar-refractivity contribution in [2.75, 3.05) is 24.3 Å². The van der Waals surface area contributed by atoms with Crippen LogP contribution in [-0.2, 0) is 0 Å². The number of amides is 1. The summed E-state index contributed by atoms with van der Waals surface area (Å²) < 4.78 is 0. The molecule has 0 radical (unpaired) electrons. The van der Waals surface area contributed by atoms with Crippen molar-refractivity contribution in [3.05, 3.63) is 72.3 Å². The van der Waals surface area contributed by atoms with Gasteiger partial charge in [0.15, 0.2) is 0 Å². The number of halogens is 1. The Kier molecular flexibility index (Phi) is 5.24. The molecule has 118 valence electrons. The largest absolute Gasteiger partial charge is 0.378 e. The maximum Gasteiger partial charge on any atom is 0.255 e. The number of carbonyl (C=O) groups is 1. The Morgan fingerprint density at radius 2 is 1.52 bits per heavy atom. The molecule has 1 amide bonds. The zero-order valence-electron chi connectivity index (χ0n) is 13.1. The van der Waals surface area contributed by atoms with E-state index < -0.39 is 0 Å². The average molecular weight is 327 g/mol. The van der Waals surface area contributed by atoms with Gasteiger partial charge in [-0.1, -0.05) is 30.3 Å². The second-order valence-corrected chi connectivity index (χ2v) is 5.46. The van der Waals surface area contributed by atoms with Gasteiger partial charge in [0.1, 0.15) is 0 Å². The molecule has 0 unspecified atom stereocenters. The van der Waals surface area contributed by atoms with Crippen molar-refractivity contribution in [1.29, 1.82) is 0 Å². The number of benzene rings is 3. The molecule has 0 aliphatic carbocycles. The lowest BCUT2D eigenvalue weighted by Gasteiger charge is -2.13. The van der Waals surface area contributed by atoms with Crippen molar-refractivity contribution >= 4 is 40.5 Å². The summed E-state index contributed by atoms with van der Waals surface area (Å²) in [5.41, 5.74) is 2.56. The minimum Gasteiger partial charge on any atom is -0.378 e. The summed E-state index contributed by atoms with van der Waals surface area (Å²) in [6.07, 6.45) is 0. The fourth-order valence-corrected chi connectivity index (χ4v) is 2.38. The summed E-state index contributed by atoms with van der Waals surface area (Å²) in [5, 5.41) is 5.13. The van der Waals surface area contributed by atoms with E-state index in [4.69, 9.17) is 0 Å². The molecule has 0 saturated heterocycles. The third kappa shape index (κ3) is 3.82. The van der Waals surface area contributed by atoms with Gasteiger partial charge in [-0.05, 0) is 47.2 Å². The SMILES string of the molecule is CN(C)c1ccc(NC(=O)c2ccc3ccccc3c2)cc1.Cl. The second-order valence-electron chi connectivity index (χ2n) is 5.46. The van der Waals surface area contributed by atoms with Crippen molar-refractivity contribution in [2.24, 2.45) is 0 Å². The summed E-state index contributed by atoms with van der Waals surface area (Å²) in [5.74, 6) is -0.0941. The number of nitrogens with zero attached hydrogens (tertiary/aromatic N) is 1. The number of rotatable bonds is 3. The van der Waals surface area contributed by atoms with E-state index in [0.717, 1.165) is 22.1 Å². The Labute approximate surface area is 142 Å². The molecule has 0 heterocycles. The first-order valence-electron chi connectivity index (χ1n) is 7.21. The maximum absolute atomic E-state index is 12.4. The van der Waals surface area contributed by atoms with Crippen LogP contribution in [0.4, 0.5) is 11.4 Å². The average Bonchev–Trinajstić information content (AvgIpc) is 2.55. The van der Waals surface area contributed by atoms with Crippen LogP contribution in [-0.4, -0.2) is 20.0 Å². The Morgan fingerprint density at radius 3 is 2.17 bits per heavy atom. The van der Waals surface area contributed by atoms with Gasteiger partial charge in [-0.3, -0.25) is 4.79 Å². The monoisotopic (exact) mass is 326 g/mol. The Balaban J connectivity index is 0.00000192. The molecular weight excluding hydrogens is 308 g/mol. The normalized spacial score (nSPS) is 10.0. The molecule has 4 heteroatoms. The molecule has 3 aromatic rings. The van der Waals surface area contributed by atoms with E-state index in [0.29, 0.717) is 5.56 Å². The lowest BCUT2D eigenvalue weighted by atomic mass is 10.1. The predicted octanol–water partition coefficient (Wildman–Crippen LogP) is 4.58. The quantitative estimate of drug-likeness (QED) is 0.764. The van der Waals surface area contributed by atoms with Crippen LogP contribution < -0.4 is 10.2 Å². The first kappa shape index (κ1) is 16.8. The summed E-state index contributed by atoms with van der Waals surface area (Å²) in [7, 11) is 3.98. The molecule has 23 heavy (non-hydrogen) atoms. The number of nitrogens with one attached hydrogen (secondary N) is 1. The van der Waals surface area contributed by atoms with Crippen LogP contribution in [0.5, 0.6) is 0 Å². The van der Waals surface area contributed by atoms with Gasteiger partial charge in [-0.15, -0.1) is 12.4 Å². The van der Waals surface area contributed by atoms with Gasteiger partial charge < -0.3 is 10.2 Å². The van der Waals surface area contributed by atoms with E-state index in [-0.39, 0.29) is 18.3 Å². The van der Waals surface area contributed by atoms with Gasteiger partial charge in [0.25, 0.3) is 5.91 Å². The van der Waals surface area contributed by atoms with E-state index in [1.54, 1.807) is 0 Å². The van der Waals surface area contributed by atoms with Crippen LogP contribution in [0.25, 0.3) is 10.8 Å². The Morgan fingerprint density at radius 1 is 0.870 bits per heavy atom. The molecule has 0 aliphatic rings. The van der Waals surface area contributed by atoms with Crippen LogP contribution in [0, 0.1) is 0 Å². The highest BCUT2D eigenvalue weighted by Crippen LogP contribution is 2.19. The number of carbonyl (C=O) groups excluding carboxylic acids is 1. The summed E-state index contributed by atoms with van der Waals surface area (Å²) in [6, 6.07) is 21.5. The first-order valence-corrected chi connectivity index (χ1v) is 7.21. The second kappa shape index (κ2) is 7.16. The predicted molar refractivity (Wildman–Crippen MR) is 99.9 cm³/mol. The zero-order valence-corrected chi connectivity index (χ0v) is 13.9. The van der Waals surface area contributed by atoms with Crippen molar-refractivity contribution in [2.45, 2.75) is 0 Å². The molecule has 1 N–H and O–H groups in total. The van der Waals surface area contributed by atoms with Crippen molar-refractivity contribution in [1.82, 2.24) is 0 Å². The first-order chi connectivity index (χ1) is 10.6. The topological polar surface area (TPSA) is 32.3 Å². The Hall–Kier alpha value is -2.52. The highest BCUT2D eigenvalue weighted by atomic mass is 35.5. The zero-order chi connectivity index (χ0) is 15.5. The van der Waals surface area contributed by atoms with Crippen LogP contribution >= 0.6 is 12.4 Å². The number of fused-ring (bicyclic) bond motifs is 1. The van der Waals surface area contributed by atoms with Gasteiger partial charge in [0.05, 0.1) is 0 Å². The van der Waals surface area contributed by atoms with Gasteiger partial charge in [-0.25, -0.2) is 0 Å². The third-order valence-corrected chi connectivity index (χ3v) is 3.65. The molecule has 0 atom stereocenters. The molecule has 3 nitrogen and oxygen atoms in total. The van der Waals surface area contributed by atoms with Crippen LogP contribution in [0.1, 0.15) is 10.4 Å². The van der Waals surface area contributed by atoms with Crippen molar-refractivity contribution in [3.8, 4) is 0 Å². The Bertz CT molecular complexity index is 813. The van der Waals surface area contributed by atoms with Gasteiger partial charge in [0.2, 0.25) is 0 Å². The molecule has 3 aromatic carbocycles. The van der Waals surface area contributed by atoms with Gasteiger partial charge >= 0.3 is 0 Å². The van der Waals surface area contributed by atoms with Crippen molar-refractivity contribution < 1.29 is 4.79 Å². The van der Waals surface area contributed by atoms with Crippen LogP contribution in [0.3, 0.4) is 0 Å². The highest BCUT2D eigenvalue weighted by Gasteiger charge is 2.07. The fourth-order valence-electron chi connectivity index (χ4n) is 2.38. The van der Waals surface area contributed by atoms with E-state index in [1.165, 1.54) is 0 Å². The lowest BCUT2D eigenvalue weighted by Crippen LogP contribution is -2.12. The smallest absolute Gasteiger partial charge is 0.255 e. The summed E-state index contributed by atoms with van der Waals surface area (Å²) in [6.45, 7) is 0. The lowest BCUT2D eigenvalue weighted by molar-refractivity contribution is 0.102. The minimum absolute atomic E-state index is 0. The van der Waals surface area contributed by atoms with E-state index in [1.807, 2.05) is 85.7 Å². The van der Waals surface area contributed by atoms with Gasteiger partial charge in [0, 0.05) is 31.0 Å². The molecule has 3 rings (SSSR count). The third-order valence-electron chi connectivity index (χ3n) is 3.65. The van der Waals surface area contributed by atoms with Gasteiger partial charge in [-0.2, -0.15) is 0 Å². The van der Waals surface area contributed by atoms with E-state index in [2.05, 4.69) is 5.32 Å². The highest BCUT2D eigenvalue weighted by molar-refractivity contribution is 6.06. The maximum atomic E-state index is 12.4.